The van der Waals surface area contributed by atoms with E-state index in [4.69, 9.17) is 4.74 Å². The molecular weight excluding hydrogens is 482 g/mol. The molecule has 1 aliphatic rings. The Morgan fingerprint density at radius 2 is 1.84 bits per heavy atom. The van der Waals surface area contributed by atoms with Crippen molar-refractivity contribution in [3.8, 4) is 16.3 Å². The molecular formula is C29H31N5O2S. The molecule has 2 aromatic heterocycles. The van der Waals surface area contributed by atoms with Crippen molar-refractivity contribution in [2.45, 2.75) is 20.1 Å². The Labute approximate surface area is 221 Å². The highest BCUT2D eigenvalue weighted by Gasteiger charge is 2.16. The van der Waals surface area contributed by atoms with Crippen LogP contribution in [0, 0.1) is 6.92 Å². The summed E-state index contributed by atoms with van der Waals surface area (Å²) in [4.78, 5) is 28.0. The minimum atomic E-state index is -0.161. The molecule has 190 valence electrons. The second-order valence-corrected chi connectivity index (χ2v) is 10.4. The number of nitrogens with zero attached hydrogens (tertiary/aromatic N) is 4. The zero-order valence-electron chi connectivity index (χ0n) is 21.2. The van der Waals surface area contributed by atoms with Crippen LogP contribution in [0.3, 0.4) is 0 Å². The number of rotatable bonds is 8. The average molecular weight is 514 g/mol. The monoisotopic (exact) mass is 513 g/mol. The number of pyridine rings is 1. The molecule has 4 aromatic rings. The molecule has 0 radical (unpaired) electrons. The van der Waals surface area contributed by atoms with E-state index in [-0.39, 0.29) is 5.91 Å². The zero-order chi connectivity index (χ0) is 25.6. The van der Waals surface area contributed by atoms with Crippen LogP contribution in [0.2, 0.25) is 0 Å². The Hall–Kier alpha value is -3.59. The number of aryl methyl sites for hydroxylation is 1. The number of hydrogen-bond donors (Lipinski definition) is 1. The van der Waals surface area contributed by atoms with E-state index >= 15 is 0 Å². The summed E-state index contributed by atoms with van der Waals surface area (Å²) in [6.07, 6.45) is 3.72. The van der Waals surface area contributed by atoms with Crippen LogP contribution in [-0.4, -0.2) is 58.9 Å². The molecule has 37 heavy (non-hydrogen) atoms. The third kappa shape index (κ3) is 6.60. The predicted octanol–water partition coefficient (Wildman–Crippen LogP) is 5.09. The Morgan fingerprint density at radius 1 is 1.03 bits per heavy atom. The van der Waals surface area contributed by atoms with Crippen molar-refractivity contribution < 1.29 is 9.53 Å². The fourth-order valence-electron chi connectivity index (χ4n) is 4.17. The standard InChI is InChI=1S/C29H31N5O2S/c1-21-6-7-23(29-31-18-26(37-29)19-34-15-13-33(2)14-16-34)17-27(21)32-28(35)22-8-10-25(11-9-22)36-20-24-5-3-4-12-30-24/h3-12,17-18H,13-16,19-20H2,1-2H3,(H,32,35). The highest BCUT2D eigenvalue weighted by atomic mass is 32.1. The van der Waals surface area contributed by atoms with Crippen LogP contribution < -0.4 is 10.1 Å². The summed E-state index contributed by atoms with van der Waals surface area (Å²) in [5.74, 6) is 0.531. The largest absolute Gasteiger partial charge is 0.487 e. The molecule has 5 rings (SSSR count). The normalized spacial score (nSPS) is 14.4. The van der Waals surface area contributed by atoms with Crippen molar-refractivity contribution in [1.82, 2.24) is 19.8 Å². The summed E-state index contributed by atoms with van der Waals surface area (Å²) in [5, 5.41) is 4.03. The number of aromatic nitrogens is 2. The highest BCUT2D eigenvalue weighted by molar-refractivity contribution is 7.15. The van der Waals surface area contributed by atoms with Gasteiger partial charge in [-0.05, 0) is 62.0 Å². The molecule has 0 unspecified atom stereocenters. The van der Waals surface area contributed by atoms with Gasteiger partial charge in [0.15, 0.2) is 0 Å². The molecule has 2 aromatic carbocycles. The van der Waals surface area contributed by atoms with Gasteiger partial charge in [0.2, 0.25) is 0 Å². The molecule has 0 aliphatic carbocycles. The SMILES string of the molecule is Cc1ccc(-c2ncc(CN3CCN(C)CC3)s2)cc1NC(=O)c1ccc(OCc2ccccn2)cc1. The summed E-state index contributed by atoms with van der Waals surface area (Å²) < 4.78 is 5.78. The van der Waals surface area contributed by atoms with E-state index in [0.717, 1.165) is 60.2 Å². The fraction of sp³-hybridized carbons (Fsp3) is 0.276. The van der Waals surface area contributed by atoms with E-state index in [0.29, 0.717) is 17.9 Å². The summed E-state index contributed by atoms with van der Waals surface area (Å²) in [6, 6.07) is 19.0. The number of ether oxygens (including phenoxy) is 1. The summed E-state index contributed by atoms with van der Waals surface area (Å²) in [6.45, 7) is 7.69. The topological polar surface area (TPSA) is 70.6 Å². The quantitative estimate of drug-likeness (QED) is 0.354. The lowest BCUT2D eigenvalue weighted by molar-refractivity contribution is 0.102. The first kappa shape index (κ1) is 25.1. The summed E-state index contributed by atoms with van der Waals surface area (Å²) >= 11 is 1.72. The third-order valence-corrected chi connectivity index (χ3v) is 7.52. The second-order valence-electron chi connectivity index (χ2n) is 9.33. The van der Waals surface area contributed by atoms with Gasteiger partial charge in [-0.25, -0.2) is 4.98 Å². The van der Waals surface area contributed by atoms with Gasteiger partial charge < -0.3 is 15.0 Å². The van der Waals surface area contributed by atoms with Gasteiger partial charge in [0.25, 0.3) is 5.91 Å². The zero-order valence-corrected chi connectivity index (χ0v) is 22.0. The lowest BCUT2D eigenvalue weighted by atomic mass is 10.1. The molecule has 0 atom stereocenters. The van der Waals surface area contributed by atoms with Gasteiger partial charge in [-0.3, -0.25) is 14.7 Å². The van der Waals surface area contributed by atoms with E-state index in [1.807, 2.05) is 43.5 Å². The second kappa shape index (κ2) is 11.6. The lowest BCUT2D eigenvalue weighted by Gasteiger charge is -2.31. The molecule has 0 spiro atoms. The number of amides is 1. The molecule has 1 fully saturated rings. The number of nitrogens with one attached hydrogen (secondary N) is 1. The van der Waals surface area contributed by atoms with Crippen molar-refractivity contribution in [3.05, 3.63) is 94.8 Å². The molecule has 0 bridgehead atoms. The van der Waals surface area contributed by atoms with Crippen molar-refractivity contribution in [1.29, 1.82) is 0 Å². The van der Waals surface area contributed by atoms with Gasteiger partial charge in [0.1, 0.15) is 17.4 Å². The molecule has 1 aliphatic heterocycles. The molecule has 1 saturated heterocycles. The summed E-state index contributed by atoms with van der Waals surface area (Å²) in [5.41, 5.74) is 4.22. The van der Waals surface area contributed by atoms with Crippen LogP contribution in [0.1, 0.15) is 26.5 Å². The number of hydrogen-bond acceptors (Lipinski definition) is 7. The van der Waals surface area contributed by atoms with Crippen molar-refractivity contribution >= 4 is 22.9 Å². The first-order valence-corrected chi connectivity index (χ1v) is 13.3. The van der Waals surface area contributed by atoms with Crippen LogP contribution in [-0.2, 0) is 13.2 Å². The minimum Gasteiger partial charge on any atom is -0.487 e. The van der Waals surface area contributed by atoms with Gasteiger partial charge in [-0.1, -0.05) is 18.2 Å². The number of likely N-dealkylation sites (N-methyl/N-ethyl adjacent to an activating group) is 1. The van der Waals surface area contributed by atoms with Crippen molar-refractivity contribution in [3.63, 3.8) is 0 Å². The maximum absolute atomic E-state index is 13.0. The average Bonchev–Trinajstić information content (AvgIpc) is 3.39. The molecule has 1 amide bonds. The van der Waals surface area contributed by atoms with Crippen LogP contribution >= 0.6 is 11.3 Å². The van der Waals surface area contributed by atoms with E-state index < -0.39 is 0 Å². The van der Waals surface area contributed by atoms with Gasteiger partial charge in [0.05, 0.1) is 5.69 Å². The number of piperazine rings is 1. The highest BCUT2D eigenvalue weighted by Crippen LogP contribution is 2.30. The maximum atomic E-state index is 13.0. The molecule has 8 heteroatoms. The van der Waals surface area contributed by atoms with Crippen LogP contribution in [0.25, 0.3) is 10.6 Å². The number of carbonyl (C=O) groups excluding carboxylic acids is 1. The van der Waals surface area contributed by atoms with Gasteiger partial charge >= 0.3 is 0 Å². The van der Waals surface area contributed by atoms with E-state index in [9.17, 15) is 4.79 Å². The molecule has 3 heterocycles. The Kier molecular flexibility index (Phi) is 7.89. The van der Waals surface area contributed by atoms with E-state index in [1.165, 1.54) is 4.88 Å². The molecule has 1 N–H and O–H groups in total. The van der Waals surface area contributed by atoms with Gasteiger partial charge in [0, 0.05) is 66.8 Å². The maximum Gasteiger partial charge on any atom is 0.255 e. The molecule has 7 nitrogen and oxygen atoms in total. The Morgan fingerprint density at radius 3 is 2.59 bits per heavy atom. The smallest absolute Gasteiger partial charge is 0.255 e. The van der Waals surface area contributed by atoms with Gasteiger partial charge in [-0.15, -0.1) is 11.3 Å². The third-order valence-electron chi connectivity index (χ3n) is 6.49. The van der Waals surface area contributed by atoms with Gasteiger partial charge in [-0.2, -0.15) is 0 Å². The lowest BCUT2D eigenvalue weighted by Crippen LogP contribution is -2.43. The minimum absolute atomic E-state index is 0.161. The van der Waals surface area contributed by atoms with Crippen LogP contribution in [0.4, 0.5) is 5.69 Å². The fourth-order valence-corrected chi connectivity index (χ4v) is 5.12. The first-order valence-electron chi connectivity index (χ1n) is 12.4. The van der Waals surface area contributed by atoms with Crippen LogP contribution in [0.15, 0.2) is 73.1 Å². The first-order chi connectivity index (χ1) is 18.0. The van der Waals surface area contributed by atoms with Crippen LogP contribution in [0.5, 0.6) is 5.75 Å². The predicted molar refractivity (Wildman–Crippen MR) is 148 cm³/mol. The van der Waals surface area contributed by atoms with E-state index in [1.54, 1.807) is 41.8 Å². The number of anilines is 1. The number of benzene rings is 2. The van der Waals surface area contributed by atoms with E-state index in [2.05, 4.69) is 38.2 Å². The number of thiazole rings is 1. The Bertz CT molecular complexity index is 1330. The molecule has 0 saturated carbocycles. The summed E-state index contributed by atoms with van der Waals surface area (Å²) in [7, 11) is 2.17. The van der Waals surface area contributed by atoms with Crippen molar-refractivity contribution in [2.75, 3.05) is 38.5 Å². The number of carbonyl (C=O) groups is 1. The van der Waals surface area contributed by atoms with Crippen molar-refractivity contribution in [2.24, 2.45) is 0 Å². The Balaban J connectivity index is 1.21.